The summed E-state index contributed by atoms with van der Waals surface area (Å²) in [5, 5.41) is 0. The van der Waals surface area contributed by atoms with Crippen molar-refractivity contribution in [2.45, 2.75) is 57.9 Å². The molecule has 30 heavy (non-hydrogen) atoms. The lowest BCUT2D eigenvalue weighted by molar-refractivity contribution is -0.223. The van der Waals surface area contributed by atoms with Crippen molar-refractivity contribution in [1.82, 2.24) is 0 Å². The molecule has 0 saturated heterocycles. The predicted octanol–water partition coefficient (Wildman–Crippen LogP) is 5.45. The Balaban J connectivity index is 2.66. The molecule has 0 spiro atoms. The fourth-order valence-corrected chi connectivity index (χ4v) is 3.19. The number of hydrogen-bond acceptors (Lipinski definition) is 2. The second-order valence-corrected chi connectivity index (χ2v) is 7.54. The molecule has 2 rings (SSSR count). The van der Waals surface area contributed by atoms with Gasteiger partial charge in [0.1, 0.15) is 0 Å². The number of hydrogen-bond donors (Lipinski definition) is 0. The molecule has 164 valence electrons. The highest BCUT2D eigenvalue weighted by Gasteiger charge is 2.41. The summed E-state index contributed by atoms with van der Waals surface area (Å²) in [7, 11) is -0.333. The Bertz CT molecular complexity index is 789. The number of ether oxygens (including phenoxy) is 2. The lowest BCUT2D eigenvalue weighted by Crippen LogP contribution is -2.48. The van der Waals surface area contributed by atoms with Gasteiger partial charge in [-0.25, -0.2) is 0 Å². The summed E-state index contributed by atoms with van der Waals surface area (Å²) < 4.78 is 91.7. The Labute approximate surface area is 172 Å². The van der Waals surface area contributed by atoms with Crippen molar-refractivity contribution < 1.29 is 35.8 Å². The van der Waals surface area contributed by atoms with Crippen LogP contribution in [0.25, 0.3) is 0 Å². The van der Waals surface area contributed by atoms with E-state index in [-0.39, 0.29) is 18.8 Å². The van der Waals surface area contributed by atoms with E-state index < -0.39 is 41.4 Å². The first-order chi connectivity index (χ1) is 13.7. The lowest BCUT2D eigenvalue weighted by atomic mass is 9.58. The average Bonchev–Trinajstić information content (AvgIpc) is 2.59. The van der Waals surface area contributed by atoms with Crippen molar-refractivity contribution in [2.75, 3.05) is 0 Å². The lowest BCUT2D eigenvalue weighted by Gasteiger charge is -2.38. The molecule has 0 amide bonds. The van der Waals surface area contributed by atoms with Crippen LogP contribution in [0.5, 0.6) is 0 Å². The first-order valence-electron chi connectivity index (χ1n) is 9.42. The number of rotatable bonds is 7. The normalized spacial score (nSPS) is 13.2. The van der Waals surface area contributed by atoms with Crippen LogP contribution < -0.4 is 5.46 Å². The van der Waals surface area contributed by atoms with Crippen LogP contribution in [0.2, 0.25) is 0 Å². The SMILES string of the molecule is CC(C)OC(Bc1cc(C(F)(F)F)cc(C(F)(F)F)c1)(OC(C)C)c1ccccc1. The molecule has 0 fully saturated rings. The van der Waals surface area contributed by atoms with Gasteiger partial charge in [-0.3, -0.25) is 0 Å². The molecule has 0 unspecified atom stereocenters. The summed E-state index contributed by atoms with van der Waals surface area (Å²) in [6.07, 6.45) is -10.7. The van der Waals surface area contributed by atoms with Crippen LogP contribution >= 0.6 is 0 Å². The first-order valence-corrected chi connectivity index (χ1v) is 9.42. The monoisotopic (exact) mass is 432 g/mol. The third kappa shape index (κ3) is 6.25. The molecule has 2 aromatic carbocycles. The van der Waals surface area contributed by atoms with E-state index in [0.717, 1.165) is 0 Å². The van der Waals surface area contributed by atoms with Gasteiger partial charge in [0.2, 0.25) is 7.28 Å². The topological polar surface area (TPSA) is 18.5 Å². The van der Waals surface area contributed by atoms with Gasteiger partial charge in [-0.15, -0.1) is 0 Å². The van der Waals surface area contributed by atoms with E-state index in [1.807, 2.05) is 0 Å². The fourth-order valence-electron chi connectivity index (χ4n) is 3.19. The van der Waals surface area contributed by atoms with Crippen molar-refractivity contribution in [3.05, 3.63) is 65.2 Å². The summed E-state index contributed by atoms with van der Waals surface area (Å²) in [6.45, 7) is 6.87. The zero-order chi connectivity index (χ0) is 22.7. The van der Waals surface area contributed by atoms with Crippen molar-refractivity contribution in [1.29, 1.82) is 0 Å². The average molecular weight is 432 g/mol. The fraction of sp³-hybridized carbons (Fsp3) is 0.429. The third-order valence-corrected chi connectivity index (χ3v) is 4.15. The summed E-state index contributed by atoms with van der Waals surface area (Å²) in [6, 6.07) is 10.0. The van der Waals surface area contributed by atoms with Crippen molar-refractivity contribution in [2.24, 2.45) is 0 Å². The van der Waals surface area contributed by atoms with Crippen molar-refractivity contribution in [3.8, 4) is 0 Å². The van der Waals surface area contributed by atoms with Gasteiger partial charge in [0.05, 0.1) is 23.3 Å². The van der Waals surface area contributed by atoms with Crippen LogP contribution in [0.1, 0.15) is 44.4 Å². The Morgan fingerprint density at radius 1 is 0.667 bits per heavy atom. The molecule has 0 heterocycles. The quantitative estimate of drug-likeness (QED) is 0.329. The Morgan fingerprint density at radius 2 is 1.10 bits per heavy atom. The molecule has 0 atom stereocenters. The molecule has 0 saturated carbocycles. The Hall–Kier alpha value is -2.00. The van der Waals surface area contributed by atoms with Gasteiger partial charge in [0.15, 0.2) is 5.69 Å². The highest BCUT2D eigenvalue weighted by molar-refractivity contribution is 6.56. The van der Waals surface area contributed by atoms with Crippen LogP contribution in [0.15, 0.2) is 48.5 Å². The van der Waals surface area contributed by atoms with E-state index in [0.29, 0.717) is 17.7 Å². The van der Waals surface area contributed by atoms with Crippen LogP contribution in [-0.4, -0.2) is 19.5 Å². The van der Waals surface area contributed by atoms with Crippen LogP contribution in [0.3, 0.4) is 0 Å². The molecule has 0 bridgehead atoms. The Kier molecular flexibility index (Phi) is 7.30. The van der Waals surface area contributed by atoms with Gasteiger partial charge in [0.25, 0.3) is 0 Å². The number of benzene rings is 2. The predicted molar refractivity (Wildman–Crippen MR) is 104 cm³/mol. The molecular formula is C21H23BF6O2. The van der Waals surface area contributed by atoms with Crippen LogP contribution in [0, 0.1) is 0 Å². The van der Waals surface area contributed by atoms with E-state index >= 15 is 0 Å². The molecule has 0 radical (unpaired) electrons. The molecule has 0 aliphatic rings. The van der Waals surface area contributed by atoms with Gasteiger partial charge < -0.3 is 9.47 Å². The molecular weight excluding hydrogens is 409 g/mol. The molecule has 0 aromatic heterocycles. The summed E-state index contributed by atoms with van der Waals surface area (Å²) in [5.74, 6) is 0. The Morgan fingerprint density at radius 3 is 1.47 bits per heavy atom. The molecule has 2 aromatic rings. The van der Waals surface area contributed by atoms with E-state index in [1.165, 1.54) is 0 Å². The van der Waals surface area contributed by atoms with Gasteiger partial charge >= 0.3 is 12.4 Å². The summed E-state index contributed by atoms with van der Waals surface area (Å²) in [4.78, 5) is 0. The minimum atomic E-state index is -4.93. The minimum Gasteiger partial charge on any atom is -0.351 e. The maximum absolute atomic E-state index is 13.3. The maximum Gasteiger partial charge on any atom is 0.416 e. The van der Waals surface area contributed by atoms with Crippen LogP contribution in [-0.2, 0) is 27.5 Å². The minimum absolute atomic E-state index is 0.111. The van der Waals surface area contributed by atoms with Gasteiger partial charge in [-0.1, -0.05) is 47.9 Å². The highest BCUT2D eigenvalue weighted by Crippen LogP contribution is 2.36. The zero-order valence-electron chi connectivity index (χ0n) is 17.1. The first kappa shape index (κ1) is 24.3. The zero-order valence-corrected chi connectivity index (χ0v) is 17.1. The van der Waals surface area contributed by atoms with E-state index in [9.17, 15) is 26.3 Å². The van der Waals surface area contributed by atoms with E-state index in [4.69, 9.17) is 9.47 Å². The largest absolute Gasteiger partial charge is 0.416 e. The molecule has 0 N–H and O–H groups in total. The number of alkyl halides is 6. The number of halogens is 6. The second-order valence-electron chi connectivity index (χ2n) is 7.54. The summed E-state index contributed by atoms with van der Waals surface area (Å²) >= 11 is 0. The van der Waals surface area contributed by atoms with Gasteiger partial charge in [0, 0.05) is 5.56 Å². The molecule has 0 aliphatic heterocycles. The highest BCUT2D eigenvalue weighted by atomic mass is 19.4. The summed E-state index contributed by atoms with van der Waals surface area (Å²) in [5.41, 5.74) is -4.00. The molecule has 0 aliphatic carbocycles. The van der Waals surface area contributed by atoms with E-state index in [1.54, 1.807) is 58.0 Å². The second kappa shape index (κ2) is 9.02. The smallest absolute Gasteiger partial charge is 0.351 e. The van der Waals surface area contributed by atoms with Gasteiger partial charge in [-0.2, -0.15) is 26.3 Å². The van der Waals surface area contributed by atoms with Crippen molar-refractivity contribution >= 4 is 12.7 Å². The maximum atomic E-state index is 13.3. The van der Waals surface area contributed by atoms with Crippen LogP contribution in [0.4, 0.5) is 26.3 Å². The van der Waals surface area contributed by atoms with E-state index in [2.05, 4.69) is 0 Å². The van der Waals surface area contributed by atoms with Crippen molar-refractivity contribution in [3.63, 3.8) is 0 Å². The molecule has 9 heteroatoms. The van der Waals surface area contributed by atoms with Gasteiger partial charge in [-0.05, 0) is 33.8 Å². The standard InChI is InChI=1S/C21H23BF6O2/c1-13(2)29-19(30-14(3)4,15-8-6-5-7-9-15)22-18-11-16(20(23,24)25)10-17(12-18)21(26,27)28/h5-14,22H,1-4H3. The third-order valence-electron chi connectivity index (χ3n) is 4.15. The molecule has 2 nitrogen and oxygen atoms in total.